The molecule has 10 rings (SSSR count). The van der Waals surface area contributed by atoms with Crippen LogP contribution >= 0.6 is 69.6 Å². The molecule has 0 aromatic heterocycles. The monoisotopic (exact) mass is 1040 g/mol. The Labute approximate surface area is 442 Å². The van der Waals surface area contributed by atoms with E-state index in [0.717, 1.165) is 66.8 Å². The molecule has 0 radical (unpaired) electrons. The summed E-state index contributed by atoms with van der Waals surface area (Å²) >= 11 is 39.6. The van der Waals surface area contributed by atoms with Crippen LogP contribution in [0.15, 0.2) is 222 Å². The zero-order chi connectivity index (χ0) is 48.8. The molecule has 9 aromatic rings. The molecule has 0 N–H and O–H groups in total. The first-order valence-electron chi connectivity index (χ1n) is 23.2. The van der Waals surface area contributed by atoms with Crippen molar-refractivity contribution in [2.24, 2.45) is 5.92 Å². The Morgan fingerprint density at radius 2 is 0.471 bits per heavy atom. The molecule has 0 heterocycles. The van der Waals surface area contributed by atoms with E-state index in [9.17, 15) is 0 Å². The van der Waals surface area contributed by atoms with E-state index in [2.05, 4.69) is 155 Å². The van der Waals surface area contributed by atoms with Gasteiger partial charge in [-0.1, -0.05) is 202 Å². The lowest BCUT2D eigenvalue weighted by Crippen LogP contribution is -2.69. The average molecular weight is 1040 g/mol. The molecule has 0 saturated heterocycles. The van der Waals surface area contributed by atoms with Crippen LogP contribution in [0.3, 0.4) is 0 Å². The van der Waals surface area contributed by atoms with Crippen molar-refractivity contribution in [3.05, 3.63) is 252 Å². The van der Waals surface area contributed by atoms with E-state index in [1.807, 2.05) is 72.8 Å². The van der Waals surface area contributed by atoms with Gasteiger partial charge in [-0.25, -0.2) is 0 Å². The molecule has 0 nitrogen and oxygen atoms in total. The van der Waals surface area contributed by atoms with Gasteiger partial charge < -0.3 is 0 Å². The Kier molecular flexibility index (Phi) is 13.7. The SMILES string of the molecule is CC1=C(C)C(C)C([Si](c2cc(-c3ccc(Cl)cc3)cc(-c3ccc(Cl)cc3)c2)(c2cc(-c3ccc(Cl)cc3)cc(-c3ccc(Cl)cc3)c2)c2cc(-c3ccc(Cl)cc3)cc(-c3ccc(Cl)cc3)c2)=C1C. The predicted molar refractivity (Wildman–Crippen MR) is 307 cm³/mol. The normalized spacial score (nSPS) is 13.9. The topological polar surface area (TPSA) is 0 Å². The molecule has 0 bridgehead atoms. The Bertz CT molecular complexity index is 2960. The zero-order valence-corrected chi connectivity index (χ0v) is 44.4. The smallest absolute Gasteiger partial charge is 0.0843 e. The fourth-order valence-corrected chi connectivity index (χ4v) is 16.9. The summed E-state index contributed by atoms with van der Waals surface area (Å²) in [6.07, 6.45) is 0. The second-order valence-electron chi connectivity index (χ2n) is 18.3. The van der Waals surface area contributed by atoms with Crippen molar-refractivity contribution < 1.29 is 0 Å². The lowest BCUT2D eigenvalue weighted by atomic mass is 9.98. The third-order valence-corrected chi connectivity index (χ3v) is 20.8. The molecule has 1 aliphatic rings. The first-order chi connectivity index (χ1) is 33.7. The van der Waals surface area contributed by atoms with Gasteiger partial charge in [0.15, 0.2) is 8.07 Å². The van der Waals surface area contributed by atoms with E-state index in [1.165, 1.54) is 37.5 Å². The van der Waals surface area contributed by atoms with E-state index in [-0.39, 0.29) is 5.92 Å². The summed E-state index contributed by atoms with van der Waals surface area (Å²) in [7, 11) is -3.57. The maximum atomic E-state index is 6.60. The first kappa shape index (κ1) is 48.1. The van der Waals surface area contributed by atoms with Gasteiger partial charge in [-0.2, -0.15) is 0 Å². The average Bonchev–Trinajstić information content (AvgIpc) is 3.56. The lowest BCUT2D eigenvalue weighted by molar-refractivity contribution is 0.851. The van der Waals surface area contributed by atoms with Crippen molar-refractivity contribution in [2.45, 2.75) is 27.7 Å². The lowest BCUT2D eigenvalue weighted by Gasteiger charge is -2.40. The number of halogens is 6. The summed E-state index contributed by atoms with van der Waals surface area (Å²) in [4.78, 5) is 0. The van der Waals surface area contributed by atoms with Crippen LogP contribution < -0.4 is 15.6 Å². The van der Waals surface area contributed by atoms with Gasteiger partial charge in [-0.15, -0.1) is 0 Å². The maximum absolute atomic E-state index is 6.60. The minimum atomic E-state index is -3.57. The highest BCUT2D eigenvalue weighted by molar-refractivity contribution is 7.16. The van der Waals surface area contributed by atoms with Crippen LogP contribution in [0.5, 0.6) is 0 Å². The molecule has 1 unspecified atom stereocenters. The highest BCUT2D eigenvalue weighted by Gasteiger charge is 2.49. The molecule has 344 valence electrons. The van der Waals surface area contributed by atoms with E-state index in [4.69, 9.17) is 69.6 Å². The number of hydrogen-bond acceptors (Lipinski definition) is 0. The summed E-state index contributed by atoms with van der Waals surface area (Å²) in [5.74, 6) is 0.0983. The highest BCUT2D eigenvalue weighted by Crippen LogP contribution is 2.44. The number of rotatable bonds is 10. The Morgan fingerprint density at radius 1 is 0.271 bits per heavy atom. The van der Waals surface area contributed by atoms with Gasteiger partial charge in [0, 0.05) is 30.1 Å². The molecule has 1 atom stereocenters. The van der Waals surface area contributed by atoms with Crippen molar-refractivity contribution in [1.82, 2.24) is 0 Å². The van der Waals surface area contributed by atoms with E-state index < -0.39 is 8.07 Å². The first-order valence-corrected chi connectivity index (χ1v) is 27.4. The molecule has 70 heavy (non-hydrogen) atoms. The molecule has 0 fully saturated rings. The Balaban J connectivity index is 1.44. The van der Waals surface area contributed by atoms with Crippen LogP contribution in [0, 0.1) is 5.92 Å². The van der Waals surface area contributed by atoms with Crippen LogP contribution in [0.25, 0.3) is 66.8 Å². The van der Waals surface area contributed by atoms with Gasteiger partial charge in [-0.3, -0.25) is 0 Å². The minimum absolute atomic E-state index is 0.0983. The Hall–Kier alpha value is -5.58. The van der Waals surface area contributed by atoms with Crippen LogP contribution in [0.2, 0.25) is 30.1 Å². The molecule has 0 saturated carbocycles. The predicted octanol–water partition coefficient (Wildman–Crippen LogP) is 18.9. The quantitative estimate of drug-likeness (QED) is 0.0946. The Morgan fingerprint density at radius 3 is 0.643 bits per heavy atom. The molecule has 1 aliphatic carbocycles. The standard InChI is InChI=1S/C63H46Cl6Si/c1-38-39(2)41(4)63(40(38)3)70(60-32-48(42-5-17-54(64)18-6-42)29-49(33-60)43-7-19-55(65)20-8-43,61-34-50(44-9-21-56(66)22-10-44)30-51(35-61)45-11-23-57(67)24-12-45)62-36-52(46-13-25-58(68)26-14-46)31-53(37-62)47-15-27-59(69)28-16-47/h5-37,40H,1-4H3. The van der Waals surface area contributed by atoms with Crippen LogP contribution in [-0.2, 0) is 0 Å². The molecular weight excluding hydrogens is 997 g/mol. The van der Waals surface area contributed by atoms with Crippen LogP contribution in [-0.4, -0.2) is 8.07 Å². The van der Waals surface area contributed by atoms with Gasteiger partial charge in [0.1, 0.15) is 0 Å². The summed E-state index contributed by atoms with van der Waals surface area (Å²) in [6.45, 7) is 9.35. The number of allylic oxidation sites excluding steroid dienone is 4. The fraction of sp³-hybridized carbons (Fsp3) is 0.0794. The summed E-state index contributed by atoms with van der Waals surface area (Å²) in [5, 5.41) is 9.23. The number of hydrogen-bond donors (Lipinski definition) is 0. The van der Waals surface area contributed by atoms with Crippen molar-refractivity contribution in [2.75, 3.05) is 0 Å². The highest BCUT2D eigenvalue weighted by atomic mass is 35.5. The maximum Gasteiger partial charge on any atom is 0.176 e. The van der Waals surface area contributed by atoms with E-state index >= 15 is 0 Å². The van der Waals surface area contributed by atoms with Crippen LogP contribution in [0.4, 0.5) is 0 Å². The van der Waals surface area contributed by atoms with E-state index in [1.54, 1.807) is 0 Å². The molecule has 9 aromatic carbocycles. The zero-order valence-electron chi connectivity index (χ0n) is 38.9. The van der Waals surface area contributed by atoms with Gasteiger partial charge >= 0.3 is 0 Å². The van der Waals surface area contributed by atoms with Crippen molar-refractivity contribution >= 4 is 93.2 Å². The second kappa shape index (κ2) is 19.9. The number of benzene rings is 9. The van der Waals surface area contributed by atoms with Crippen molar-refractivity contribution in [1.29, 1.82) is 0 Å². The minimum Gasteiger partial charge on any atom is -0.0843 e. The van der Waals surface area contributed by atoms with Gasteiger partial charge in [-0.05, 0) is 206 Å². The molecule has 0 spiro atoms. The van der Waals surface area contributed by atoms with Crippen molar-refractivity contribution in [3.63, 3.8) is 0 Å². The molecule has 7 heteroatoms. The van der Waals surface area contributed by atoms with Gasteiger partial charge in [0.05, 0.1) is 0 Å². The molecule has 0 aliphatic heterocycles. The summed E-state index contributed by atoms with van der Waals surface area (Å²) in [6, 6.07) is 70.8. The van der Waals surface area contributed by atoms with Gasteiger partial charge in [0.2, 0.25) is 0 Å². The summed E-state index contributed by atoms with van der Waals surface area (Å²) in [5.41, 5.74) is 16.9. The van der Waals surface area contributed by atoms with Crippen molar-refractivity contribution in [3.8, 4) is 66.8 Å². The molecule has 0 amide bonds. The third kappa shape index (κ3) is 9.38. The fourth-order valence-electron chi connectivity index (χ4n) is 10.3. The van der Waals surface area contributed by atoms with E-state index in [0.29, 0.717) is 30.1 Å². The summed E-state index contributed by atoms with van der Waals surface area (Å²) < 4.78 is 0. The van der Waals surface area contributed by atoms with Crippen LogP contribution in [0.1, 0.15) is 27.7 Å². The second-order valence-corrected chi connectivity index (χ2v) is 24.6. The van der Waals surface area contributed by atoms with Gasteiger partial charge in [0.25, 0.3) is 0 Å². The largest absolute Gasteiger partial charge is 0.176 e. The molecular formula is C63H46Cl6Si. The third-order valence-electron chi connectivity index (χ3n) is 14.2.